The molecule has 1 rings (SSSR count). The highest BCUT2D eigenvalue weighted by atomic mass is 28.3. The first-order chi connectivity index (χ1) is 7.38. The second-order valence-corrected chi connectivity index (χ2v) is 11.1. The molecule has 1 nitrogen and oxygen atoms in total. The van der Waals surface area contributed by atoms with Gasteiger partial charge in [0, 0.05) is 27.0 Å². The second-order valence-electron chi connectivity index (χ2n) is 5.66. The van der Waals surface area contributed by atoms with E-state index in [1.165, 1.54) is 17.3 Å². The van der Waals surface area contributed by atoms with Crippen LogP contribution in [0.5, 0.6) is 0 Å². The lowest BCUT2D eigenvalue weighted by Crippen LogP contribution is -2.20. The lowest BCUT2D eigenvalue weighted by molar-refractivity contribution is 1.15. The fourth-order valence-corrected chi connectivity index (χ4v) is 3.71. The molecule has 0 fully saturated rings. The third kappa shape index (κ3) is 4.66. The Bertz CT molecular complexity index is 349. The molecule has 0 heterocycles. The van der Waals surface area contributed by atoms with Gasteiger partial charge >= 0.3 is 0 Å². The van der Waals surface area contributed by atoms with E-state index in [0.29, 0.717) is 0 Å². The lowest BCUT2D eigenvalue weighted by atomic mass is 10.3. The van der Waals surface area contributed by atoms with Crippen molar-refractivity contribution in [3.8, 4) is 0 Å². The van der Waals surface area contributed by atoms with Crippen molar-refractivity contribution in [1.82, 2.24) is 0 Å². The van der Waals surface area contributed by atoms with Crippen molar-refractivity contribution in [1.29, 1.82) is 0 Å². The molecule has 0 aliphatic heterocycles. The number of rotatable bonds is 4. The topological polar surface area (TPSA) is 3.24 Å². The standard InChI is InChI=1S/C14H23NSi/c1-13(12-16(3,4)5)11-15(2)14-9-7-6-8-10-14/h6-11H,12H2,1-5H3/b13-11-. The van der Waals surface area contributed by atoms with Crippen LogP contribution in [0, 0.1) is 0 Å². The number of allylic oxidation sites excluding steroid dienone is 1. The molecule has 1 aromatic carbocycles. The lowest BCUT2D eigenvalue weighted by Gasteiger charge is -2.20. The van der Waals surface area contributed by atoms with Crippen LogP contribution >= 0.6 is 0 Å². The zero-order valence-electron chi connectivity index (χ0n) is 11.1. The Morgan fingerprint density at radius 3 is 2.25 bits per heavy atom. The summed E-state index contributed by atoms with van der Waals surface area (Å²) >= 11 is 0. The summed E-state index contributed by atoms with van der Waals surface area (Å²) in [6.45, 7) is 9.46. The van der Waals surface area contributed by atoms with E-state index in [4.69, 9.17) is 0 Å². The Balaban J connectivity index is 2.70. The minimum Gasteiger partial charge on any atom is -0.351 e. The van der Waals surface area contributed by atoms with Gasteiger partial charge in [-0.1, -0.05) is 43.4 Å². The summed E-state index contributed by atoms with van der Waals surface area (Å²) in [4.78, 5) is 2.20. The number of benzene rings is 1. The van der Waals surface area contributed by atoms with Crippen molar-refractivity contribution < 1.29 is 0 Å². The molecule has 0 aliphatic rings. The molecule has 0 amide bonds. The van der Waals surface area contributed by atoms with E-state index in [-0.39, 0.29) is 0 Å². The van der Waals surface area contributed by atoms with E-state index in [0.717, 1.165) is 0 Å². The Labute approximate surface area is 101 Å². The van der Waals surface area contributed by atoms with Crippen molar-refractivity contribution in [3.63, 3.8) is 0 Å². The van der Waals surface area contributed by atoms with E-state index in [1.54, 1.807) is 0 Å². The van der Waals surface area contributed by atoms with Gasteiger partial charge in [0.05, 0.1) is 0 Å². The maximum atomic E-state index is 2.41. The molecular weight excluding hydrogens is 210 g/mol. The van der Waals surface area contributed by atoms with Gasteiger partial charge in [0.2, 0.25) is 0 Å². The van der Waals surface area contributed by atoms with Gasteiger partial charge in [0.15, 0.2) is 0 Å². The molecular formula is C14H23NSi. The van der Waals surface area contributed by atoms with E-state index in [9.17, 15) is 0 Å². The molecule has 0 radical (unpaired) electrons. The van der Waals surface area contributed by atoms with E-state index >= 15 is 0 Å². The molecule has 0 saturated carbocycles. The molecule has 16 heavy (non-hydrogen) atoms. The van der Waals surface area contributed by atoms with Crippen molar-refractivity contribution >= 4 is 13.8 Å². The summed E-state index contributed by atoms with van der Waals surface area (Å²) < 4.78 is 0. The zero-order chi connectivity index (χ0) is 12.2. The molecule has 0 unspecified atom stereocenters. The zero-order valence-corrected chi connectivity index (χ0v) is 12.1. The maximum Gasteiger partial charge on any atom is 0.0483 e. The fourth-order valence-electron chi connectivity index (χ4n) is 1.95. The Kier molecular flexibility index (Phi) is 4.36. The van der Waals surface area contributed by atoms with Crippen LogP contribution in [0.2, 0.25) is 25.7 Å². The summed E-state index contributed by atoms with van der Waals surface area (Å²) in [6, 6.07) is 11.7. The van der Waals surface area contributed by atoms with Crippen LogP contribution < -0.4 is 4.90 Å². The minimum atomic E-state index is -0.983. The van der Waals surface area contributed by atoms with Crippen LogP contribution in [0.4, 0.5) is 5.69 Å². The van der Waals surface area contributed by atoms with Gasteiger partial charge < -0.3 is 4.90 Å². The quantitative estimate of drug-likeness (QED) is 0.698. The Morgan fingerprint density at radius 2 is 1.75 bits per heavy atom. The smallest absolute Gasteiger partial charge is 0.0483 e. The highest BCUT2D eigenvalue weighted by Crippen LogP contribution is 2.18. The van der Waals surface area contributed by atoms with Crippen LogP contribution in [-0.4, -0.2) is 15.1 Å². The summed E-state index contributed by atoms with van der Waals surface area (Å²) in [5, 5.41) is 0. The number of hydrogen-bond acceptors (Lipinski definition) is 1. The predicted octanol–water partition coefficient (Wildman–Crippen LogP) is 4.36. The average Bonchev–Trinajstić information content (AvgIpc) is 2.16. The first-order valence-electron chi connectivity index (χ1n) is 5.84. The highest BCUT2D eigenvalue weighted by Gasteiger charge is 2.13. The first-order valence-corrected chi connectivity index (χ1v) is 9.54. The van der Waals surface area contributed by atoms with Crippen LogP contribution in [-0.2, 0) is 0 Å². The molecule has 0 spiro atoms. The summed E-state index contributed by atoms with van der Waals surface area (Å²) in [6.07, 6.45) is 2.26. The van der Waals surface area contributed by atoms with Gasteiger partial charge in [-0.3, -0.25) is 0 Å². The Hall–Kier alpha value is -1.02. The van der Waals surface area contributed by atoms with Crippen molar-refractivity contribution in [3.05, 3.63) is 42.1 Å². The molecule has 1 aromatic rings. The van der Waals surface area contributed by atoms with E-state index in [2.05, 4.69) is 75.0 Å². The first kappa shape index (κ1) is 13.0. The molecule has 0 aliphatic carbocycles. The van der Waals surface area contributed by atoms with Crippen LogP contribution in [0.25, 0.3) is 0 Å². The molecule has 0 N–H and O–H groups in total. The minimum absolute atomic E-state index is 0.983. The van der Waals surface area contributed by atoms with Gasteiger partial charge in [0.25, 0.3) is 0 Å². The van der Waals surface area contributed by atoms with Gasteiger partial charge in [-0.05, 0) is 25.1 Å². The van der Waals surface area contributed by atoms with E-state index in [1.807, 2.05) is 0 Å². The number of nitrogens with zero attached hydrogens (tertiary/aromatic N) is 1. The molecule has 0 atom stereocenters. The summed E-state index contributed by atoms with van der Waals surface area (Å²) in [5.74, 6) is 0. The molecule has 0 aromatic heterocycles. The van der Waals surface area contributed by atoms with Crippen molar-refractivity contribution in [2.24, 2.45) is 0 Å². The summed E-state index contributed by atoms with van der Waals surface area (Å²) in [7, 11) is 1.13. The van der Waals surface area contributed by atoms with Gasteiger partial charge in [-0.2, -0.15) is 0 Å². The molecule has 2 heteroatoms. The van der Waals surface area contributed by atoms with Crippen LogP contribution in [0.3, 0.4) is 0 Å². The number of hydrogen-bond donors (Lipinski definition) is 0. The monoisotopic (exact) mass is 233 g/mol. The maximum absolute atomic E-state index is 2.41. The summed E-state index contributed by atoms with van der Waals surface area (Å²) in [5.41, 5.74) is 2.72. The van der Waals surface area contributed by atoms with Crippen molar-refractivity contribution in [2.75, 3.05) is 11.9 Å². The normalized spacial score (nSPS) is 12.7. The predicted molar refractivity (Wildman–Crippen MR) is 76.8 cm³/mol. The third-order valence-corrected chi connectivity index (χ3v) is 4.01. The van der Waals surface area contributed by atoms with Crippen LogP contribution in [0.15, 0.2) is 42.1 Å². The number of anilines is 1. The molecule has 0 bridgehead atoms. The van der Waals surface area contributed by atoms with Crippen LogP contribution in [0.1, 0.15) is 6.92 Å². The second kappa shape index (κ2) is 5.35. The molecule has 0 saturated heterocycles. The van der Waals surface area contributed by atoms with Gasteiger partial charge in [-0.15, -0.1) is 0 Å². The van der Waals surface area contributed by atoms with E-state index < -0.39 is 8.07 Å². The van der Waals surface area contributed by atoms with Crippen molar-refractivity contribution in [2.45, 2.75) is 32.6 Å². The Morgan fingerprint density at radius 1 is 1.19 bits per heavy atom. The van der Waals surface area contributed by atoms with Gasteiger partial charge in [-0.25, -0.2) is 0 Å². The SMILES string of the molecule is C/C(=C/N(C)c1ccccc1)C[Si](C)(C)C. The largest absolute Gasteiger partial charge is 0.351 e. The number of para-hydroxylation sites is 1. The molecule has 88 valence electrons. The average molecular weight is 233 g/mol. The fraction of sp³-hybridized carbons (Fsp3) is 0.429. The third-order valence-electron chi connectivity index (χ3n) is 2.39. The van der Waals surface area contributed by atoms with Gasteiger partial charge in [0.1, 0.15) is 0 Å². The highest BCUT2D eigenvalue weighted by molar-refractivity contribution is 6.76.